The maximum absolute atomic E-state index is 10.6. The summed E-state index contributed by atoms with van der Waals surface area (Å²) in [6.07, 6.45) is 5.33. The molecule has 92 valence electrons. The highest BCUT2D eigenvalue weighted by atomic mass is 33.1. The molecule has 5 heteroatoms. The lowest BCUT2D eigenvalue weighted by Gasteiger charge is -2.13. The van der Waals surface area contributed by atoms with Crippen molar-refractivity contribution in [2.45, 2.75) is 36.0 Å². The summed E-state index contributed by atoms with van der Waals surface area (Å²) < 4.78 is 0. The maximum atomic E-state index is 10.6. The third kappa shape index (κ3) is 4.60. The highest BCUT2D eigenvalue weighted by Crippen LogP contribution is 2.46. The van der Waals surface area contributed by atoms with Crippen molar-refractivity contribution in [1.29, 1.82) is 0 Å². The molecule has 1 aromatic heterocycles. The number of rotatable bonds is 7. The van der Waals surface area contributed by atoms with Gasteiger partial charge < -0.3 is 5.11 Å². The molecule has 0 amide bonds. The van der Waals surface area contributed by atoms with Crippen molar-refractivity contribution < 1.29 is 9.90 Å². The highest BCUT2D eigenvalue weighted by molar-refractivity contribution is 8.76. The minimum Gasteiger partial charge on any atom is -0.481 e. The Hall–Kier alpha value is -0.680. The number of nitrogens with zero attached hydrogens (tertiary/aromatic N) is 1. The van der Waals surface area contributed by atoms with Crippen LogP contribution in [-0.2, 0) is 4.79 Å². The Morgan fingerprint density at radius 2 is 2.35 bits per heavy atom. The average Bonchev–Trinajstić information content (AvgIpc) is 3.14. The van der Waals surface area contributed by atoms with E-state index < -0.39 is 5.97 Å². The van der Waals surface area contributed by atoms with Gasteiger partial charge >= 0.3 is 5.97 Å². The predicted octanol–water partition coefficient (Wildman–Crippen LogP) is 3.47. The van der Waals surface area contributed by atoms with Crippen molar-refractivity contribution in [1.82, 2.24) is 4.98 Å². The van der Waals surface area contributed by atoms with E-state index in [2.05, 4.69) is 4.98 Å². The summed E-state index contributed by atoms with van der Waals surface area (Å²) in [5.41, 5.74) is 0. The topological polar surface area (TPSA) is 50.2 Å². The molecule has 1 aliphatic carbocycles. The number of carboxylic acid groups (broad SMARTS) is 1. The quantitative estimate of drug-likeness (QED) is 0.768. The standard InChI is InChI=1S/C12H15NO2S2/c14-12(15)7-6-10(9-4-5-9)16-17-11-3-1-2-8-13-11/h1-3,8-10H,4-7H2,(H,14,15). The van der Waals surface area contributed by atoms with Gasteiger partial charge in [0.25, 0.3) is 0 Å². The van der Waals surface area contributed by atoms with Gasteiger partial charge in [0.1, 0.15) is 5.03 Å². The summed E-state index contributed by atoms with van der Waals surface area (Å²) in [7, 11) is 3.44. The van der Waals surface area contributed by atoms with Gasteiger partial charge in [-0.25, -0.2) is 4.98 Å². The normalized spacial score (nSPS) is 16.7. The number of hydrogen-bond donors (Lipinski definition) is 1. The Labute approximate surface area is 109 Å². The first-order valence-electron chi connectivity index (χ1n) is 5.72. The van der Waals surface area contributed by atoms with Gasteiger partial charge in [0.2, 0.25) is 0 Å². The highest BCUT2D eigenvalue weighted by Gasteiger charge is 2.32. The molecule has 0 spiro atoms. The first-order chi connectivity index (χ1) is 8.25. The summed E-state index contributed by atoms with van der Waals surface area (Å²) >= 11 is 0. The lowest BCUT2D eigenvalue weighted by molar-refractivity contribution is -0.137. The molecule has 1 atom stereocenters. The monoisotopic (exact) mass is 269 g/mol. The molecule has 0 saturated heterocycles. The Bertz CT molecular complexity index is 368. The van der Waals surface area contributed by atoms with Crippen molar-refractivity contribution in [2.24, 2.45) is 5.92 Å². The van der Waals surface area contributed by atoms with Crippen molar-refractivity contribution in [3.8, 4) is 0 Å². The third-order valence-corrected chi connectivity index (χ3v) is 5.60. The fraction of sp³-hybridized carbons (Fsp3) is 0.500. The molecule has 1 unspecified atom stereocenters. The smallest absolute Gasteiger partial charge is 0.303 e. The van der Waals surface area contributed by atoms with E-state index in [9.17, 15) is 4.79 Å². The molecule has 1 N–H and O–H groups in total. The van der Waals surface area contributed by atoms with Crippen molar-refractivity contribution in [3.63, 3.8) is 0 Å². The van der Waals surface area contributed by atoms with Crippen LogP contribution >= 0.6 is 21.6 Å². The molecule has 1 aliphatic rings. The summed E-state index contributed by atoms with van der Waals surface area (Å²) in [5.74, 6) is 0.0228. The van der Waals surface area contributed by atoms with Crippen LogP contribution in [0.5, 0.6) is 0 Å². The summed E-state index contributed by atoms with van der Waals surface area (Å²) in [6, 6.07) is 5.86. The van der Waals surface area contributed by atoms with Gasteiger partial charge in [0.05, 0.1) is 0 Å². The number of carbonyl (C=O) groups is 1. The van der Waals surface area contributed by atoms with Crippen LogP contribution in [-0.4, -0.2) is 21.3 Å². The van der Waals surface area contributed by atoms with Crippen LogP contribution < -0.4 is 0 Å². The number of hydrogen-bond acceptors (Lipinski definition) is 4. The molecule has 0 aliphatic heterocycles. The first-order valence-corrected chi connectivity index (χ1v) is 7.93. The fourth-order valence-electron chi connectivity index (χ4n) is 1.60. The fourth-order valence-corrected chi connectivity index (χ4v) is 4.43. The van der Waals surface area contributed by atoms with Gasteiger partial charge in [-0.2, -0.15) is 0 Å². The molecule has 0 aromatic carbocycles. The zero-order valence-electron chi connectivity index (χ0n) is 9.41. The lowest BCUT2D eigenvalue weighted by atomic mass is 10.2. The van der Waals surface area contributed by atoms with Crippen LogP contribution in [0, 0.1) is 5.92 Å². The predicted molar refractivity (Wildman–Crippen MR) is 71.1 cm³/mol. The molecule has 0 bridgehead atoms. The van der Waals surface area contributed by atoms with Gasteiger partial charge in [0.15, 0.2) is 0 Å². The second kappa shape index (κ2) is 6.31. The zero-order chi connectivity index (χ0) is 12.1. The minimum atomic E-state index is -0.695. The van der Waals surface area contributed by atoms with Gasteiger partial charge in [-0.15, -0.1) is 0 Å². The summed E-state index contributed by atoms with van der Waals surface area (Å²) in [5, 5.41) is 10.2. The van der Waals surface area contributed by atoms with Crippen LogP contribution in [0.2, 0.25) is 0 Å². The Morgan fingerprint density at radius 3 is 2.94 bits per heavy atom. The van der Waals surface area contributed by atoms with Gasteiger partial charge in [-0.3, -0.25) is 4.79 Å². The first kappa shape index (κ1) is 12.8. The maximum Gasteiger partial charge on any atom is 0.303 e. The molecule has 2 rings (SSSR count). The molecular weight excluding hydrogens is 254 g/mol. The summed E-state index contributed by atoms with van der Waals surface area (Å²) in [4.78, 5) is 14.8. The SMILES string of the molecule is O=C(O)CCC(SSc1ccccn1)C1CC1. The summed E-state index contributed by atoms with van der Waals surface area (Å²) in [6.45, 7) is 0. The van der Waals surface area contributed by atoms with E-state index in [1.54, 1.807) is 27.8 Å². The van der Waals surface area contributed by atoms with Gasteiger partial charge in [0, 0.05) is 17.9 Å². The van der Waals surface area contributed by atoms with E-state index in [1.165, 1.54) is 12.8 Å². The third-order valence-electron chi connectivity index (χ3n) is 2.69. The van der Waals surface area contributed by atoms with E-state index in [-0.39, 0.29) is 6.42 Å². The number of aromatic nitrogens is 1. The van der Waals surface area contributed by atoms with Crippen molar-refractivity contribution in [2.75, 3.05) is 0 Å². The Kier molecular flexibility index (Phi) is 4.74. The molecule has 1 heterocycles. The van der Waals surface area contributed by atoms with E-state index in [4.69, 9.17) is 5.11 Å². The van der Waals surface area contributed by atoms with Crippen molar-refractivity contribution >= 4 is 27.6 Å². The lowest BCUT2D eigenvalue weighted by Crippen LogP contribution is -2.07. The van der Waals surface area contributed by atoms with Crippen LogP contribution in [0.1, 0.15) is 25.7 Å². The van der Waals surface area contributed by atoms with Crippen molar-refractivity contribution in [3.05, 3.63) is 24.4 Å². The molecule has 1 aromatic rings. The van der Waals surface area contributed by atoms with Gasteiger partial charge in [-0.05, 0) is 48.1 Å². The van der Waals surface area contributed by atoms with E-state index in [0.717, 1.165) is 17.4 Å². The van der Waals surface area contributed by atoms with Crippen LogP contribution in [0.15, 0.2) is 29.4 Å². The largest absolute Gasteiger partial charge is 0.481 e. The molecule has 1 saturated carbocycles. The van der Waals surface area contributed by atoms with Crippen LogP contribution in [0.3, 0.4) is 0 Å². The van der Waals surface area contributed by atoms with E-state index >= 15 is 0 Å². The second-order valence-electron chi connectivity index (χ2n) is 4.16. The molecular formula is C12H15NO2S2. The molecule has 3 nitrogen and oxygen atoms in total. The van der Waals surface area contributed by atoms with Crippen LogP contribution in [0.4, 0.5) is 0 Å². The van der Waals surface area contributed by atoms with E-state index in [0.29, 0.717) is 5.25 Å². The number of aliphatic carboxylic acids is 1. The number of pyridine rings is 1. The molecule has 17 heavy (non-hydrogen) atoms. The molecule has 0 radical (unpaired) electrons. The Balaban J connectivity index is 1.79. The second-order valence-corrected chi connectivity index (χ2v) is 6.62. The van der Waals surface area contributed by atoms with Crippen LogP contribution in [0.25, 0.3) is 0 Å². The Morgan fingerprint density at radius 1 is 1.53 bits per heavy atom. The van der Waals surface area contributed by atoms with Gasteiger partial charge in [-0.1, -0.05) is 16.9 Å². The average molecular weight is 269 g/mol. The zero-order valence-corrected chi connectivity index (χ0v) is 11.0. The van der Waals surface area contributed by atoms with E-state index in [1.807, 2.05) is 18.2 Å². The number of carboxylic acids is 1. The molecule has 1 fully saturated rings. The minimum absolute atomic E-state index is 0.275.